The minimum Gasteiger partial charge on any atom is -0.481 e. The number of carboxylic acid groups (broad SMARTS) is 2. The highest BCUT2D eigenvalue weighted by molar-refractivity contribution is 6.07. The number of nitrogens with one attached hydrogen (secondary N) is 7. The van der Waals surface area contributed by atoms with Gasteiger partial charge in [-0.15, -0.1) is 12.4 Å². The normalized spacial score (nSPS) is 13.3. The van der Waals surface area contributed by atoms with E-state index < -0.39 is 60.1 Å². The van der Waals surface area contributed by atoms with Crippen LogP contribution in [0.3, 0.4) is 0 Å². The number of halogens is 1. The molecule has 0 unspecified atom stereocenters. The van der Waals surface area contributed by atoms with Crippen molar-refractivity contribution in [2.45, 2.75) is 64.7 Å². The summed E-state index contributed by atoms with van der Waals surface area (Å²) in [6, 6.07) is -3.46. The number of ketones is 1. The van der Waals surface area contributed by atoms with Crippen LogP contribution in [0.25, 0.3) is 0 Å². The van der Waals surface area contributed by atoms with Crippen molar-refractivity contribution in [1.82, 2.24) is 46.5 Å². The molecule has 2 aromatic heterocycles. The van der Waals surface area contributed by atoms with Gasteiger partial charge in [0, 0.05) is 12.6 Å². The van der Waals surface area contributed by atoms with Crippen LogP contribution in [0.5, 0.6) is 0 Å². The molecular formula is C27H42ClN10O9+. The fraction of sp³-hybridized carbons (Fsp3) is 0.519. The summed E-state index contributed by atoms with van der Waals surface area (Å²) in [6.45, 7) is 7.43. The number of hydrogen-bond donors (Lipinski definition) is 10. The summed E-state index contributed by atoms with van der Waals surface area (Å²) in [6.07, 6.45) is 1.84. The first-order valence-electron chi connectivity index (χ1n) is 14.4. The van der Waals surface area contributed by atoms with Crippen LogP contribution in [-0.2, 0) is 14.4 Å². The Balaban J connectivity index is 0.0000110. The van der Waals surface area contributed by atoms with E-state index in [-0.39, 0.29) is 66.0 Å². The number of aliphatic carboxylic acids is 2. The molecule has 0 aliphatic heterocycles. The highest BCUT2D eigenvalue weighted by Crippen LogP contribution is 2.09. The van der Waals surface area contributed by atoms with Gasteiger partial charge in [-0.25, -0.2) is 14.8 Å². The molecule has 0 aliphatic carbocycles. The molecule has 0 saturated heterocycles. The molecule has 0 spiro atoms. The maximum Gasteiger partial charge on any atom is 0.326 e. The van der Waals surface area contributed by atoms with E-state index in [4.69, 9.17) is 5.11 Å². The van der Waals surface area contributed by atoms with Crippen molar-refractivity contribution < 1.29 is 49.5 Å². The van der Waals surface area contributed by atoms with Gasteiger partial charge in [-0.05, 0) is 26.2 Å². The predicted octanol–water partition coefficient (Wildman–Crippen LogP) is -2.31. The molecule has 0 bridgehead atoms. The standard InChI is InChI=1S/C27H40N10O9.ClH/c1-12(2)5-15(36-25(43)21-22(33-11-32-21)26(44)37-16(27(45)46)6-18(39)40)8-29-9-17(38)14(4)35-24(42)20-19(30-10-31-20)23(41)34-13(3)7-28;/h10-16,29H,5-9,28H2,1-4H3,(H,30,31)(H,32,33)(H,34,41)(H,35,42)(H,36,43)(H,37,44)(H,39,40)(H,45,46);1H/p+1/t13-,14-,15-,16-;/m0./s1. The lowest BCUT2D eigenvalue weighted by Gasteiger charge is -2.21. The number of aromatic amines is 2. The number of hydrogen-bond acceptors (Lipinski definition) is 10. The Morgan fingerprint density at radius 1 is 0.809 bits per heavy atom. The van der Waals surface area contributed by atoms with Crippen molar-refractivity contribution in [3.8, 4) is 0 Å². The van der Waals surface area contributed by atoms with Crippen LogP contribution in [0.15, 0.2) is 12.7 Å². The molecule has 0 aliphatic rings. The van der Waals surface area contributed by atoms with Crippen LogP contribution < -0.4 is 32.3 Å². The Labute approximate surface area is 275 Å². The zero-order valence-corrected chi connectivity index (χ0v) is 27.2. The molecule has 4 atom stereocenters. The van der Waals surface area contributed by atoms with Gasteiger partial charge >= 0.3 is 11.9 Å². The number of amides is 4. The van der Waals surface area contributed by atoms with Gasteiger partial charge in [0.2, 0.25) is 0 Å². The Morgan fingerprint density at radius 2 is 1.34 bits per heavy atom. The zero-order valence-electron chi connectivity index (χ0n) is 26.3. The van der Waals surface area contributed by atoms with Gasteiger partial charge in [0.05, 0.1) is 44.2 Å². The first-order valence-corrected chi connectivity index (χ1v) is 14.4. The van der Waals surface area contributed by atoms with Crippen molar-refractivity contribution in [2.24, 2.45) is 5.92 Å². The molecule has 12 N–H and O–H groups in total. The highest BCUT2D eigenvalue weighted by atomic mass is 35.5. The molecule has 0 fully saturated rings. The number of rotatable bonds is 19. The van der Waals surface area contributed by atoms with E-state index in [9.17, 15) is 38.7 Å². The van der Waals surface area contributed by atoms with Crippen molar-refractivity contribution in [3.05, 3.63) is 35.4 Å². The molecule has 2 heterocycles. The fourth-order valence-corrected chi connectivity index (χ4v) is 4.14. The molecule has 20 heteroatoms. The molecule has 260 valence electrons. The van der Waals surface area contributed by atoms with E-state index in [1.165, 1.54) is 13.3 Å². The second-order valence-electron chi connectivity index (χ2n) is 11.0. The van der Waals surface area contributed by atoms with E-state index in [1.807, 2.05) is 13.8 Å². The predicted molar refractivity (Wildman–Crippen MR) is 166 cm³/mol. The number of Topliss-reactive ketones (excluding diaryl/α,β-unsaturated/α-hetero) is 1. The van der Waals surface area contributed by atoms with Gasteiger partial charge in [0.15, 0.2) is 17.2 Å². The third kappa shape index (κ3) is 12.4. The number of H-pyrrole nitrogens is 2. The third-order valence-electron chi connectivity index (χ3n) is 6.57. The molecule has 0 radical (unpaired) electrons. The summed E-state index contributed by atoms with van der Waals surface area (Å²) in [5.74, 6) is -6.36. The largest absolute Gasteiger partial charge is 0.481 e. The lowest BCUT2D eigenvalue weighted by atomic mass is 10.0. The van der Waals surface area contributed by atoms with Crippen molar-refractivity contribution in [3.63, 3.8) is 0 Å². The summed E-state index contributed by atoms with van der Waals surface area (Å²) in [5.41, 5.74) is 2.78. The minimum absolute atomic E-state index is 0. The molecule has 0 aromatic carbocycles. The minimum atomic E-state index is -1.74. The first-order chi connectivity index (χ1) is 21.6. The van der Waals surface area contributed by atoms with Gasteiger partial charge in [-0.2, -0.15) is 0 Å². The van der Waals surface area contributed by atoms with Gasteiger partial charge in [-0.1, -0.05) is 13.8 Å². The fourth-order valence-electron chi connectivity index (χ4n) is 4.14. The number of imidazole rings is 2. The van der Waals surface area contributed by atoms with Crippen LogP contribution in [0.1, 0.15) is 82.5 Å². The lowest BCUT2D eigenvalue weighted by Crippen LogP contribution is -2.59. The van der Waals surface area contributed by atoms with E-state index >= 15 is 0 Å². The van der Waals surface area contributed by atoms with E-state index in [0.29, 0.717) is 13.0 Å². The van der Waals surface area contributed by atoms with Crippen molar-refractivity contribution in [2.75, 3.05) is 19.6 Å². The number of carbonyl (C=O) groups excluding carboxylic acids is 5. The summed E-state index contributed by atoms with van der Waals surface area (Å²) in [4.78, 5) is 98.8. The second kappa shape index (κ2) is 18.9. The number of carboxylic acids is 2. The average molecular weight is 686 g/mol. The topological polar surface area (TPSA) is 305 Å². The van der Waals surface area contributed by atoms with Crippen LogP contribution in [-0.4, -0.2) is 115 Å². The number of carbonyl (C=O) groups is 7. The lowest BCUT2D eigenvalue weighted by molar-refractivity contribution is -0.371. The van der Waals surface area contributed by atoms with E-state index in [1.54, 1.807) is 6.92 Å². The Bertz CT molecular complexity index is 1430. The second-order valence-corrected chi connectivity index (χ2v) is 11.0. The van der Waals surface area contributed by atoms with Crippen LogP contribution in [0.2, 0.25) is 0 Å². The maximum atomic E-state index is 13.0. The zero-order chi connectivity index (χ0) is 34.6. The van der Waals surface area contributed by atoms with E-state index in [0.717, 1.165) is 6.33 Å². The average Bonchev–Trinajstić information content (AvgIpc) is 3.66. The van der Waals surface area contributed by atoms with Crippen LogP contribution in [0, 0.1) is 5.92 Å². The molecule has 2 aromatic rings. The monoisotopic (exact) mass is 685 g/mol. The van der Waals surface area contributed by atoms with Gasteiger partial charge in [0.25, 0.3) is 23.6 Å². The number of quaternary nitrogens is 1. The summed E-state index contributed by atoms with van der Waals surface area (Å²) >= 11 is 0. The molecular weight excluding hydrogens is 644 g/mol. The Morgan fingerprint density at radius 3 is 1.83 bits per heavy atom. The van der Waals surface area contributed by atoms with Crippen molar-refractivity contribution >= 4 is 53.8 Å². The quantitative estimate of drug-likeness (QED) is 0.0746. The Kier molecular flexibility index (Phi) is 16.2. The summed E-state index contributed by atoms with van der Waals surface area (Å²) < 4.78 is 0. The summed E-state index contributed by atoms with van der Waals surface area (Å²) in [7, 11) is 0. The molecule has 19 nitrogen and oxygen atoms in total. The molecule has 4 amide bonds. The molecule has 0 saturated carbocycles. The van der Waals surface area contributed by atoms with Crippen LogP contribution in [0.4, 0.5) is 0 Å². The number of nitrogens with zero attached hydrogens (tertiary/aromatic N) is 2. The third-order valence-corrected chi connectivity index (χ3v) is 6.57. The SMILES string of the molecule is CC(C)C[C@@H](CNCC(=O)[C@H](C)NC(=O)c1[nH]cnc1C(=O)N[C@@H](C)C[NH3+])NC(=O)c1nc[nH]c1C(=O)N[C@@H](CC(=O)O)C(=O)O.Cl. The summed E-state index contributed by atoms with van der Waals surface area (Å²) in [5, 5.41) is 31.0. The van der Waals surface area contributed by atoms with Crippen LogP contribution >= 0.6 is 12.4 Å². The van der Waals surface area contributed by atoms with Gasteiger partial charge in [0.1, 0.15) is 17.4 Å². The molecule has 47 heavy (non-hydrogen) atoms. The van der Waals surface area contributed by atoms with Gasteiger partial charge in [-0.3, -0.25) is 28.8 Å². The first kappa shape index (κ1) is 40.1. The molecule has 2 rings (SSSR count). The Hall–Kier alpha value is -4.88. The van der Waals surface area contributed by atoms with E-state index in [2.05, 4.69) is 52.3 Å². The highest BCUT2D eigenvalue weighted by Gasteiger charge is 2.29. The number of aromatic nitrogens is 4. The van der Waals surface area contributed by atoms with Crippen molar-refractivity contribution in [1.29, 1.82) is 0 Å². The van der Waals surface area contributed by atoms with Gasteiger partial charge < -0.3 is 52.5 Å². The smallest absolute Gasteiger partial charge is 0.326 e. The maximum absolute atomic E-state index is 13.0.